The molecular formula is C17H17N7O2. The molecule has 2 aliphatic heterocycles. The van der Waals surface area contributed by atoms with Gasteiger partial charge in [0.15, 0.2) is 5.82 Å². The van der Waals surface area contributed by atoms with Gasteiger partial charge in [-0.15, -0.1) is 0 Å². The quantitative estimate of drug-likeness (QED) is 0.446. The Labute approximate surface area is 149 Å². The summed E-state index contributed by atoms with van der Waals surface area (Å²) in [5.74, 6) is 2.28. The first-order chi connectivity index (χ1) is 12.7. The maximum absolute atomic E-state index is 10.3. The van der Waals surface area contributed by atoms with Crippen LogP contribution in [0.4, 0.5) is 16.3 Å². The Bertz CT molecular complexity index is 906. The van der Waals surface area contributed by atoms with Crippen LogP contribution in [-0.4, -0.2) is 26.0 Å². The number of fused-ring (bicyclic) bond motifs is 1. The highest BCUT2D eigenvalue weighted by atomic mass is 16.3. The van der Waals surface area contributed by atoms with E-state index in [1.165, 1.54) is 6.33 Å². The van der Waals surface area contributed by atoms with Crippen molar-refractivity contribution < 1.29 is 9.21 Å². The molecule has 4 rings (SSSR count). The third kappa shape index (κ3) is 4.57. The highest BCUT2D eigenvalue weighted by molar-refractivity contribution is 5.87. The lowest BCUT2D eigenvalue weighted by Gasteiger charge is -2.06. The van der Waals surface area contributed by atoms with Gasteiger partial charge in [0.2, 0.25) is 0 Å². The molecule has 0 bridgehead atoms. The molecule has 0 fully saturated rings. The number of rotatable bonds is 4. The molecule has 2 aliphatic rings. The number of carbonyl (C=O) groups is 1. The topological polar surface area (TPSA) is 135 Å². The van der Waals surface area contributed by atoms with Crippen molar-refractivity contribution in [2.45, 2.75) is 6.54 Å². The molecule has 9 heteroatoms. The lowest BCUT2D eigenvalue weighted by molar-refractivity contribution is 0.259. The zero-order valence-electron chi connectivity index (χ0n) is 13.7. The summed E-state index contributed by atoms with van der Waals surface area (Å²) >= 11 is 0. The molecule has 0 saturated carbocycles. The van der Waals surface area contributed by atoms with E-state index in [0.29, 0.717) is 12.4 Å². The van der Waals surface area contributed by atoms with E-state index in [2.05, 4.69) is 30.6 Å². The smallest absolute Gasteiger partial charge is 0.316 e. The van der Waals surface area contributed by atoms with E-state index in [0.717, 1.165) is 23.0 Å². The number of furan rings is 1. The van der Waals surface area contributed by atoms with Crippen molar-refractivity contribution in [3.05, 3.63) is 67.1 Å². The SMILES string of the molecule is NC(=O)Nc1ccccc1.c1coc(CNc2[nH]cnc3ncnc2-3)c1. The van der Waals surface area contributed by atoms with Gasteiger partial charge in [0.25, 0.3) is 0 Å². The summed E-state index contributed by atoms with van der Waals surface area (Å²) in [6.45, 7) is 0.593. The number of benzene rings is 1. The van der Waals surface area contributed by atoms with Gasteiger partial charge in [0.1, 0.15) is 23.6 Å². The second-order valence-electron chi connectivity index (χ2n) is 5.11. The maximum atomic E-state index is 10.3. The monoisotopic (exact) mass is 351 g/mol. The minimum atomic E-state index is -0.536. The van der Waals surface area contributed by atoms with Gasteiger partial charge in [-0.3, -0.25) is 0 Å². The predicted octanol–water partition coefficient (Wildman–Crippen LogP) is 2.69. The summed E-state index contributed by atoms with van der Waals surface area (Å²) in [7, 11) is 0. The Hall–Kier alpha value is -3.88. The standard InChI is InChI=1S/C10H9N5O.C7H8N2O/c1-2-7(16-3-1)4-11-9-8-10(13-5-12-8)15-6-14-9;8-7(10)9-6-4-2-1-3-5-6/h1-3,5-6H,4H2,(H2,11,12,13,14,15);1-5H,(H3,8,9,10). The predicted molar refractivity (Wildman–Crippen MR) is 96.5 cm³/mol. The van der Waals surface area contributed by atoms with Crippen molar-refractivity contribution in [1.29, 1.82) is 0 Å². The number of amides is 2. The number of urea groups is 1. The first kappa shape index (κ1) is 17.0. The fraction of sp³-hybridized carbons (Fsp3) is 0.0588. The molecule has 1 aromatic carbocycles. The number of nitrogens with zero attached hydrogens (tertiary/aromatic N) is 3. The van der Waals surface area contributed by atoms with E-state index in [1.54, 1.807) is 24.7 Å². The van der Waals surface area contributed by atoms with E-state index in [9.17, 15) is 4.79 Å². The molecule has 0 aliphatic carbocycles. The minimum absolute atomic E-state index is 0.536. The number of primary amides is 1. The summed E-state index contributed by atoms with van der Waals surface area (Å²) in [4.78, 5) is 25.5. The van der Waals surface area contributed by atoms with Crippen molar-refractivity contribution in [3.63, 3.8) is 0 Å². The molecule has 2 amide bonds. The molecule has 3 heterocycles. The van der Waals surface area contributed by atoms with Crippen molar-refractivity contribution in [2.75, 3.05) is 10.6 Å². The summed E-state index contributed by atoms with van der Waals surface area (Å²) in [6, 6.07) is 12.3. The fourth-order valence-electron chi connectivity index (χ4n) is 2.14. The molecule has 132 valence electrons. The molecule has 2 aromatic rings. The van der Waals surface area contributed by atoms with Gasteiger partial charge in [-0.1, -0.05) is 18.2 Å². The number of aromatic nitrogens is 4. The highest BCUT2D eigenvalue weighted by Gasteiger charge is 2.12. The van der Waals surface area contributed by atoms with Gasteiger partial charge in [-0.25, -0.2) is 19.7 Å². The average molecular weight is 351 g/mol. The molecule has 1 aromatic heterocycles. The molecular weight excluding hydrogens is 334 g/mol. The number of para-hydroxylation sites is 1. The van der Waals surface area contributed by atoms with Crippen molar-refractivity contribution in [1.82, 2.24) is 19.9 Å². The first-order valence-electron chi connectivity index (χ1n) is 7.74. The number of H-pyrrole nitrogens is 1. The molecule has 0 atom stereocenters. The van der Waals surface area contributed by atoms with Gasteiger partial charge in [0.05, 0.1) is 19.1 Å². The van der Waals surface area contributed by atoms with Crippen molar-refractivity contribution in [3.8, 4) is 11.5 Å². The molecule has 0 spiro atoms. The first-order valence-corrected chi connectivity index (χ1v) is 7.74. The van der Waals surface area contributed by atoms with Crippen LogP contribution in [-0.2, 0) is 6.54 Å². The van der Waals surface area contributed by atoms with E-state index >= 15 is 0 Å². The van der Waals surface area contributed by atoms with E-state index in [1.807, 2.05) is 30.3 Å². The largest absolute Gasteiger partial charge is 0.467 e. The Morgan fingerprint density at radius 3 is 2.69 bits per heavy atom. The number of anilines is 2. The Balaban J connectivity index is 0.000000170. The van der Waals surface area contributed by atoms with Crippen LogP contribution in [0.2, 0.25) is 0 Å². The van der Waals surface area contributed by atoms with Gasteiger partial charge < -0.3 is 25.8 Å². The molecule has 9 nitrogen and oxygen atoms in total. The molecule has 0 radical (unpaired) electrons. The van der Waals surface area contributed by atoms with Crippen LogP contribution in [0.15, 0.2) is 65.8 Å². The van der Waals surface area contributed by atoms with E-state index in [4.69, 9.17) is 10.2 Å². The lowest BCUT2D eigenvalue weighted by atomic mass is 10.3. The number of hydrogen-bond donors (Lipinski definition) is 4. The van der Waals surface area contributed by atoms with Crippen LogP contribution in [0.25, 0.3) is 11.5 Å². The zero-order valence-corrected chi connectivity index (χ0v) is 13.7. The van der Waals surface area contributed by atoms with Crippen LogP contribution >= 0.6 is 0 Å². The van der Waals surface area contributed by atoms with Crippen LogP contribution < -0.4 is 16.4 Å². The molecule has 5 N–H and O–H groups in total. The van der Waals surface area contributed by atoms with Gasteiger partial charge in [0, 0.05) is 5.69 Å². The summed E-state index contributed by atoms with van der Waals surface area (Å²) in [5, 5.41) is 5.63. The molecule has 26 heavy (non-hydrogen) atoms. The Morgan fingerprint density at radius 1 is 1.12 bits per heavy atom. The van der Waals surface area contributed by atoms with Crippen molar-refractivity contribution in [2.24, 2.45) is 5.73 Å². The minimum Gasteiger partial charge on any atom is -0.467 e. The zero-order chi connectivity index (χ0) is 18.2. The third-order valence-electron chi connectivity index (χ3n) is 3.27. The second-order valence-corrected chi connectivity index (χ2v) is 5.11. The summed E-state index contributed by atoms with van der Waals surface area (Å²) in [6.07, 6.45) is 4.72. The van der Waals surface area contributed by atoms with E-state index in [-0.39, 0.29) is 0 Å². The number of aromatic amines is 1. The van der Waals surface area contributed by atoms with Crippen molar-refractivity contribution >= 4 is 17.5 Å². The van der Waals surface area contributed by atoms with Gasteiger partial charge >= 0.3 is 6.03 Å². The van der Waals surface area contributed by atoms with Crippen LogP contribution in [0, 0.1) is 0 Å². The highest BCUT2D eigenvalue weighted by Crippen LogP contribution is 2.21. The number of carbonyl (C=O) groups excluding carboxylic acids is 1. The van der Waals surface area contributed by atoms with Crippen LogP contribution in [0.3, 0.4) is 0 Å². The van der Waals surface area contributed by atoms with Gasteiger partial charge in [-0.2, -0.15) is 0 Å². The van der Waals surface area contributed by atoms with Gasteiger partial charge in [-0.05, 0) is 24.3 Å². The Kier molecular flexibility index (Phi) is 5.41. The van der Waals surface area contributed by atoms with Crippen LogP contribution in [0.5, 0.6) is 0 Å². The Morgan fingerprint density at radius 2 is 1.96 bits per heavy atom. The number of nitrogens with one attached hydrogen (secondary N) is 3. The third-order valence-corrected chi connectivity index (χ3v) is 3.27. The van der Waals surface area contributed by atoms with Crippen LogP contribution in [0.1, 0.15) is 5.76 Å². The number of hydrogen-bond acceptors (Lipinski definition) is 6. The fourth-order valence-corrected chi connectivity index (χ4v) is 2.14. The number of nitrogens with two attached hydrogens (primary N) is 1. The second kappa shape index (κ2) is 8.29. The normalized spacial score (nSPS) is 10.0. The molecule has 0 unspecified atom stereocenters. The molecule has 0 saturated heterocycles. The summed E-state index contributed by atoms with van der Waals surface area (Å²) in [5.41, 5.74) is 6.32. The maximum Gasteiger partial charge on any atom is 0.316 e. The lowest BCUT2D eigenvalue weighted by Crippen LogP contribution is -2.18. The number of imidazole rings is 1. The summed E-state index contributed by atoms with van der Waals surface area (Å²) < 4.78 is 5.22. The average Bonchev–Trinajstić information content (AvgIpc) is 3.32. The van der Waals surface area contributed by atoms with E-state index < -0.39 is 6.03 Å².